The molecular formula is C24H29O3. The average molecular weight is 365 g/mol. The first kappa shape index (κ1) is 19.5. The van der Waals surface area contributed by atoms with Crippen molar-refractivity contribution in [3.63, 3.8) is 0 Å². The Labute approximate surface area is 162 Å². The molecule has 143 valence electrons. The van der Waals surface area contributed by atoms with Crippen molar-refractivity contribution in [2.75, 3.05) is 6.61 Å². The van der Waals surface area contributed by atoms with Crippen LogP contribution in [-0.4, -0.2) is 12.6 Å². The Morgan fingerprint density at radius 2 is 1.63 bits per heavy atom. The molecule has 0 saturated heterocycles. The van der Waals surface area contributed by atoms with Crippen molar-refractivity contribution >= 4 is 5.97 Å². The smallest absolute Gasteiger partial charge is 0.343 e. The maximum atomic E-state index is 12.3. The van der Waals surface area contributed by atoms with Crippen LogP contribution < -0.4 is 9.47 Å². The predicted octanol–water partition coefficient (Wildman–Crippen LogP) is 6.02. The summed E-state index contributed by atoms with van der Waals surface area (Å²) in [6.07, 6.45) is 10.9. The second-order valence-corrected chi connectivity index (χ2v) is 7.25. The quantitative estimate of drug-likeness (QED) is 0.424. The van der Waals surface area contributed by atoms with Gasteiger partial charge < -0.3 is 9.47 Å². The Bertz CT molecular complexity index is 697. The molecule has 0 aromatic heterocycles. The molecule has 0 spiro atoms. The van der Waals surface area contributed by atoms with Gasteiger partial charge in [-0.05, 0) is 86.4 Å². The van der Waals surface area contributed by atoms with Gasteiger partial charge in [-0.25, -0.2) is 4.79 Å². The summed E-state index contributed by atoms with van der Waals surface area (Å²) in [6.45, 7) is 2.74. The van der Waals surface area contributed by atoms with Crippen LogP contribution in [0.4, 0.5) is 0 Å². The summed E-state index contributed by atoms with van der Waals surface area (Å²) in [7, 11) is 0. The molecule has 1 fully saturated rings. The molecule has 1 radical (unpaired) electrons. The number of benzene rings is 2. The second kappa shape index (κ2) is 10.1. The van der Waals surface area contributed by atoms with Crippen LogP contribution in [-0.2, 0) is 6.42 Å². The normalized spacial score (nSPS) is 14.7. The summed E-state index contributed by atoms with van der Waals surface area (Å²) in [4.78, 5) is 12.3. The molecule has 3 heteroatoms. The van der Waals surface area contributed by atoms with Crippen LogP contribution >= 0.6 is 0 Å². The lowest BCUT2D eigenvalue weighted by atomic mass is 9.85. The second-order valence-electron chi connectivity index (χ2n) is 7.25. The van der Waals surface area contributed by atoms with Crippen LogP contribution in [0.3, 0.4) is 0 Å². The van der Waals surface area contributed by atoms with Gasteiger partial charge in [-0.15, -0.1) is 0 Å². The highest BCUT2D eigenvalue weighted by atomic mass is 16.5. The molecule has 2 aromatic carbocycles. The fourth-order valence-electron chi connectivity index (χ4n) is 3.45. The minimum absolute atomic E-state index is 0.344. The number of hydrogen-bond acceptors (Lipinski definition) is 3. The van der Waals surface area contributed by atoms with E-state index >= 15 is 0 Å². The van der Waals surface area contributed by atoms with Gasteiger partial charge in [0.1, 0.15) is 11.5 Å². The first-order valence-electron chi connectivity index (χ1n) is 10.1. The third-order valence-corrected chi connectivity index (χ3v) is 5.10. The van der Waals surface area contributed by atoms with Gasteiger partial charge in [-0.1, -0.05) is 31.9 Å². The molecule has 0 bridgehead atoms. The van der Waals surface area contributed by atoms with Gasteiger partial charge in [0.15, 0.2) is 0 Å². The van der Waals surface area contributed by atoms with Gasteiger partial charge in [-0.2, -0.15) is 0 Å². The molecule has 1 aliphatic rings. The minimum atomic E-state index is -0.344. The van der Waals surface area contributed by atoms with E-state index in [1.807, 2.05) is 12.1 Å². The monoisotopic (exact) mass is 365 g/mol. The molecule has 0 unspecified atom stereocenters. The highest BCUT2D eigenvalue weighted by molar-refractivity contribution is 5.91. The fourth-order valence-corrected chi connectivity index (χ4v) is 3.45. The lowest BCUT2D eigenvalue weighted by Crippen LogP contribution is -2.09. The highest BCUT2D eigenvalue weighted by Crippen LogP contribution is 2.27. The first-order chi connectivity index (χ1) is 13.2. The Hall–Kier alpha value is -2.29. The summed E-state index contributed by atoms with van der Waals surface area (Å²) in [5.74, 6) is 1.87. The zero-order valence-electron chi connectivity index (χ0n) is 16.2. The zero-order chi connectivity index (χ0) is 18.9. The van der Waals surface area contributed by atoms with E-state index in [4.69, 9.17) is 9.47 Å². The van der Waals surface area contributed by atoms with Crippen molar-refractivity contribution in [3.05, 3.63) is 66.1 Å². The molecule has 0 atom stereocenters. The number of aryl methyl sites for hydroxylation is 1. The maximum absolute atomic E-state index is 12.3. The SMILES string of the molecule is CCCOc1ccc(C(=O)Oc2ccc(CCC3CC[CH]CC3)cc2)cc1. The van der Waals surface area contributed by atoms with Crippen LogP contribution in [0.5, 0.6) is 11.5 Å². The van der Waals surface area contributed by atoms with Crippen molar-refractivity contribution in [2.24, 2.45) is 5.92 Å². The van der Waals surface area contributed by atoms with Gasteiger partial charge in [-0.3, -0.25) is 0 Å². The molecule has 3 rings (SSSR count). The molecule has 0 amide bonds. The minimum Gasteiger partial charge on any atom is -0.494 e. The molecule has 2 aromatic rings. The van der Waals surface area contributed by atoms with Gasteiger partial charge in [0.2, 0.25) is 0 Å². The third kappa shape index (κ3) is 6.13. The summed E-state index contributed by atoms with van der Waals surface area (Å²) in [6, 6.07) is 15.0. The third-order valence-electron chi connectivity index (χ3n) is 5.10. The number of carbonyl (C=O) groups is 1. The van der Waals surface area contributed by atoms with Crippen molar-refractivity contribution in [1.29, 1.82) is 0 Å². The van der Waals surface area contributed by atoms with Gasteiger partial charge in [0.05, 0.1) is 12.2 Å². The predicted molar refractivity (Wildman–Crippen MR) is 108 cm³/mol. The van der Waals surface area contributed by atoms with Crippen LogP contribution in [0.1, 0.15) is 61.4 Å². The van der Waals surface area contributed by atoms with E-state index in [1.54, 1.807) is 24.3 Å². The highest BCUT2D eigenvalue weighted by Gasteiger charge is 2.13. The van der Waals surface area contributed by atoms with E-state index in [0.29, 0.717) is 17.9 Å². The van der Waals surface area contributed by atoms with Crippen LogP contribution in [0, 0.1) is 12.3 Å². The average Bonchev–Trinajstić information content (AvgIpc) is 2.73. The number of hydrogen-bond donors (Lipinski definition) is 0. The molecular weight excluding hydrogens is 336 g/mol. The van der Waals surface area contributed by atoms with Crippen LogP contribution in [0.15, 0.2) is 48.5 Å². The number of ether oxygens (including phenoxy) is 2. The Morgan fingerprint density at radius 1 is 0.963 bits per heavy atom. The van der Waals surface area contributed by atoms with Crippen molar-refractivity contribution in [2.45, 2.75) is 51.9 Å². The molecule has 0 aliphatic heterocycles. The Morgan fingerprint density at radius 3 is 2.30 bits per heavy atom. The maximum Gasteiger partial charge on any atom is 0.343 e. The summed E-state index contributed by atoms with van der Waals surface area (Å²) in [5, 5.41) is 0. The number of esters is 1. The number of rotatable bonds is 8. The topological polar surface area (TPSA) is 35.5 Å². The molecule has 0 heterocycles. The van der Waals surface area contributed by atoms with Crippen molar-refractivity contribution in [3.8, 4) is 11.5 Å². The van der Waals surface area contributed by atoms with E-state index in [1.165, 1.54) is 37.7 Å². The van der Waals surface area contributed by atoms with E-state index in [0.717, 1.165) is 24.5 Å². The molecule has 27 heavy (non-hydrogen) atoms. The van der Waals surface area contributed by atoms with Crippen LogP contribution in [0.25, 0.3) is 0 Å². The molecule has 1 aliphatic carbocycles. The van der Waals surface area contributed by atoms with Gasteiger partial charge in [0, 0.05) is 0 Å². The van der Waals surface area contributed by atoms with Gasteiger partial charge in [0.25, 0.3) is 0 Å². The summed E-state index contributed by atoms with van der Waals surface area (Å²) >= 11 is 0. The largest absolute Gasteiger partial charge is 0.494 e. The van der Waals surface area contributed by atoms with E-state index in [-0.39, 0.29) is 5.97 Å². The lowest BCUT2D eigenvalue weighted by Gasteiger charge is -2.21. The first-order valence-corrected chi connectivity index (χ1v) is 10.1. The molecule has 3 nitrogen and oxygen atoms in total. The zero-order valence-corrected chi connectivity index (χ0v) is 16.2. The summed E-state index contributed by atoms with van der Waals surface area (Å²) in [5.41, 5.74) is 1.83. The van der Waals surface area contributed by atoms with E-state index in [2.05, 4.69) is 25.5 Å². The standard InChI is InChI=1S/C24H29O3/c1-2-18-26-22-16-12-21(13-17-22)24(25)27-23-14-10-20(11-15-23)9-8-19-6-4-3-5-7-19/h3,10-17,19H,2,4-9,18H2,1H3. The number of carbonyl (C=O) groups excluding carboxylic acids is 1. The van der Waals surface area contributed by atoms with Gasteiger partial charge >= 0.3 is 5.97 Å². The fraction of sp³-hybridized carbons (Fsp3) is 0.417. The van der Waals surface area contributed by atoms with E-state index in [9.17, 15) is 4.79 Å². The molecule has 1 saturated carbocycles. The summed E-state index contributed by atoms with van der Waals surface area (Å²) < 4.78 is 11.0. The van der Waals surface area contributed by atoms with Crippen LogP contribution in [0.2, 0.25) is 0 Å². The van der Waals surface area contributed by atoms with Crippen molar-refractivity contribution in [1.82, 2.24) is 0 Å². The Balaban J connectivity index is 1.49. The van der Waals surface area contributed by atoms with E-state index < -0.39 is 0 Å². The lowest BCUT2D eigenvalue weighted by molar-refractivity contribution is 0.0734. The molecule has 0 N–H and O–H groups in total. The van der Waals surface area contributed by atoms with Crippen molar-refractivity contribution < 1.29 is 14.3 Å². The Kier molecular flexibility index (Phi) is 7.32.